The average molecular weight is 255 g/mol. The molecule has 1 saturated heterocycles. The van der Waals surface area contributed by atoms with Gasteiger partial charge in [-0.15, -0.1) is 0 Å². The summed E-state index contributed by atoms with van der Waals surface area (Å²) in [6.45, 7) is 2.35. The van der Waals surface area contributed by atoms with E-state index in [1.54, 1.807) is 6.07 Å². The van der Waals surface area contributed by atoms with E-state index in [0.717, 1.165) is 0 Å². The Morgan fingerprint density at radius 3 is 2.82 bits per heavy atom. The SMILES string of the molecule is CC1OCCC1(Nc1ccccc1Cl)C(N)=O. The molecule has 17 heavy (non-hydrogen) atoms. The van der Waals surface area contributed by atoms with Gasteiger partial charge in [0.25, 0.3) is 0 Å². The molecule has 0 radical (unpaired) electrons. The fraction of sp³-hybridized carbons (Fsp3) is 0.417. The molecule has 1 aliphatic heterocycles. The van der Waals surface area contributed by atoms with E-state index in [1.165, 1.54) is 0 Å². The molecule has 1 amide bonds. The number of hydrogen-bond donors (Lipinski definition) is 2. The van der Waals surface area contributed by atoms with Gasteiger partial charge in [0, 0.05) is 13.0 Å². The number of amides is 1. The number of anilines is 1. The number of halogens is 1. The predicted octanol–water partition coefficient (Wildman–Crippen LogP) is 1.78. The van der Waals surface area contributed by atoms with Crippen LogP contribution in [0.5, 0.6) is 0 Å². The van der Waals surface area contributed by atoms with Crippen molar-refractivity contribution in [3.8, 4) is 0 Å². The summed E-state index contributed by atoms with van der Waals surface area (Å²) < 4.78 is 5.44. The van der Waals surface area contributed by atoms with Gasteiger partial charge in [-0.2, -0.15) is 0 Å². The lowest BCUT2D eigenvalue weighted by atomic mass is 9.90. The number of benzene rings is 1. The highest BCUT2D eigenvalue weighted by Crippen LogP contribution is 2.32. The van der Waals surface area contributed by atoms with E-state index < -0.39 is 11.4 Å². The van der Waals surface area contributed by atoms with Crippen LogP contribution in [-0.2, 0) is 9.53 Å². The zero-order valence-electron chi connectivity index (χ0n) is 9.57. The van der Waals surface area contributed by atoms with Gasteiger partial charge < -0.3 is 15.8 Å². The van der Waals surface area contributed by atoms with Crippen LogP contribution in [0.4, 0.5) is 5.69 Å². The second-order valence-corrected chi connectivity index (χ2v) is 4.61. The maximum Gasteiger partial charge on any atom is 0.245 e. The lowest BCUT2D eigenvalue weighted by molar-refractivity contribution is -0.123. The van der Waals surface area contributed by atoms with Crippen LogP contribution in [-0.4, -0.2) is 24.2 Å². The Hall–Kier alpha value is -1.26. The smallest absolute Gasteiger partial charge is 0.245 e. The summed E-state index contributed by atoms with van der Waals surface area (Å²) in [7, 11) is 0. The summed E-state index contributed by atoms with van der Waals surface area (Å²) in [4.78, 5) is 11.7. The zero-order valence-corrected chi connectivity index (χ0v) is 10.3. The van der Waals surface area contributed by atoms with E-state index in [2.05, 4.69) is 5.32 Å². The quantitative estimate of drug-likeness (QED) is 0.864. The standard InChI is InChI=1S/C12H15ClN2O2/c1-8-12(11(14)16,6-7-17-8)15-10-5-3-2-4-9(10)13/h2-5,8,15H,6-7H2,1H3,(H2,14,16). The van der Waals surface area contributed by atoms with Crippen LogP contribution < -0.4 is 11.1 Å². The Morgan fingerprint density at radius 2 is 2.29 bits per heavy atom. The van der Waals surface area contributed by atoms with Crippen molar-refractivity contribution in [1.82, 2.24) is 0 Å². The average Bonchev–Trinajstić information content (AvgIpc) is 2.65. The maximum atomic E-state index is 11.7. The lowest BCUT2D eigenvalue weighted by Crippen LogP contribution is -2.55. The first kappa shape index (κ1) is 12.2. The molecule has 1 fully saturated rings. The molecule has 0 aliphatic carbocycles. The summed E-state index contributed by atoms with van der Waals surface area (Å²) in [5.74, 6) is -0.414. The summed E-state index contributed by atoms with van der Waals surface area (Å²) in [6, 6.07) is 7.26. The number of para-hydroxylation sites is 1. The molecule has 2 atom stereocenters. The molecule has 4 nitrogen and oxygen atoms in total. The monoisotopic (exact) mass is 254 g/mol. The molecule has 2 unspecified atom stereocenters. The number of nitrogens with two attached hydrogens (primary N) is 1. The molecule has 1 aromatic rings. The van der Waals surface area contributed by atoms with Gasteiger partial charge in [-0.1, -0.05) is 23.7 Å². The van der Waals surface area contributed by atoms with Crippen LogP contribution in [0.25, 0.3) is 0 Å². The van der Waals surface area contributed by atoms with Crippen LogP contribution in [0, 0.1) is 0 Å². The summed E-state index contributed by atoms with van der Waals surface area (Å²) >= 11 is 6.06. The van der Waals surface area contributed by atoms with E-state index in [0.29, 0.717) is 23.7 Å². The summed E-state index contributed by atoms with van der Waals surface area (Å²) in [6.07, 6.45) is 0.283. The molecule has 1 aromatic carbocycles. The first-order valence-corrected chi connectivity index (χ1v) is 5.88. The van der Waals surface area contributed by atoms with E-state index >= 15 is 0 Å². The number of rotatable bonds is 3. The molecule has 0 bridgehead atoms. The van der Waals surface area contributed by atoms with Crippen molar-refractivity contribution in [2.45, 2.75) is 25.0 Å². The Labute approximate surface area is 105 Å². The van der Waals surface area contributed by atoms with Crippen LogP contribution in [0.2, 0.25) is 5.02 Å². The molecular formula is C12H15ClN2O2. The molecule has 0 aromatic heterocycles. The fourth-order valence-electron chi connectivity index (χ4n) is 2.09. The third-order valence-corrected chi connectivity index (χ3v) is 3.56. The number of nitrogens with one attached hydrogen (secondary N) is 1. The second kappa shape index (κ2) is 4.55. The maximum absolute atomic E-state index is 11.7. The number of carbonyl (C=O) groups excluding carboxylic acids is 1. The van der Waals surface area contributed by atoms with E-state index in [1.807, 2.05) is 25.1 Å². The van der Waals surface area contributed by atoms with Crippen molar-refractivity contribution in [3.63, 3.8) is 0 Å². The number of primary amides is 1. The third-order valence-electron chi connectivity index (χ3n) is 3.23. The molecule has 3 N–H and O–H groups in total. The minimum Gasteiger partial charge on any atom is -0.375 e. The summed E-state index contributed by atoms with van der Waals surface area (Å²) in [5.41, 5.74) is 5.33. The van der Waals surface area contributed by atoms with E-state index in [4.69, 9.17) is 22.1 Å². The van der Waals surface area contributed by atoms with Gasteiger partial charge >= 0.3 is 0 Å². The molecule has 92 valence electrons. The Balaban J connectivity index is 2.31. The van der Waals surface area contributed by atoms with Crippen LogP contribution in [0.1, 0.15) is 13.3 Å². The van der Waals surface area contributed by atoms with Gasteiger partial charge in [0.15, 0.2) is 0 Å². The molecule has 0 spiro atoms. The number of hydrogen-bond acceptors (Lipinski definition) is 3. The Bertz CT molecular complexity index is 438. The van der Waals surface area contributed by atoms with Crippen molar-refractivity contribution in [1.29, 1.82) is 0 Å². The minimum atomic E-state index is -0.870. The van der Waals surface area contributed by atoms with Crippen LogP contribution >= 0.6 is 11.6 Å². The van der Waals surface area contributed by atoms with E-state index in [9.17, 15) is 4.79 Å². The largest absolute Gasteiger partial charge is 0.375 e. The van der Waals surface area contributed by atoms with Crippen molar-refractivity contribution in [2.75, 3.05) is 11.9 Å². The predicted molar refractivity (Wildman–Crippen MR) is 67.0 cm³/mol. The van der Waals surface area contributed by atoms with Gasteiger partial charge in [0.1, 0.15) is 5.54 Å². The topological polar surface area (TPSA) is 64.3 Å². The first-order chi connectivity index (χ1) is 8.06. The minimum absolute atomic E-state index is 0.267. The van der Waals surface area contributed by atoms with Gasteiger partial charge in [-0.05, 0) is 19.1 Å². The highest BCUT2D eigenvalue weighted by Gasteiger charge is 2.47. The molecular weight excluding hydrogens is 240 g/mol. The van der Waals surface area contributed by atoms with Crippen molar-refractivity contribution >= 4 is 23.2 Å². The number of ether oxygens (including phenoxy) is 1. The van der Waals surface area contributed by atoms with E-state index in [-0.39, 0.29) is 6.10 Å². The molecule has 0 saturated carbocycles. The summed E-state index contributed by atoms with van der Waals surface area (Å²) in [5, 5.41) is 3.70. The zero-order chi connectivity index (χ0) is 12.5. The normalized spacial score (nSPS) is 28.0. The van der Waals surface area contributed by atoms with Crippen LogP contribution in [0.15, 0.2) is 24.3 Å². The van der Waals surface area contributed by atoms with Crippen molar-refractivity contribution < 1.29 is 9.53 Å². The fourth-order valence-corrected chi connectivity index (χ4v) is 2.28. The van der Waals surface area contributed by atoms with Crippen LogP contribution in [0.3, 0.4) is 0 Å². The second-order valence-electron chi connectivity index (χ2n) is 4.20. The highest BCUT2D eigenvalue weighted by atomic mass is 35.5. The number of carbonyl (C=O) groups is 1. The first-order valence-electron chi connectivity index (χ1n) is 5.50. The highest BCUT2D eigenvalue weighted by molar-refractivity contribution is 6.33. The third kappa shape index (κ3) is 2.10. The van der Waals surface area contributed by atoms with Crippen molar-refractivity contribution in [3.05, 3.63) is 29.3 Å². The molecule has 5 heteroatoms. The van der Waals surface area contributed by atoms with Gasteiger partial charge in [-0.3, -0.25) is 4.79 Å². The Morgan fingerprint density at radius 1 is 1.59 bits per heavy atom. The van der Waals surface area contributed by atoms with Gasteiger partial charge in [-0.25, -0.2) is 0 Å². The Kier molecular flexibility index (Phi) is 3.26. The molecule has 1 heterocycles. The van der Waals surface area contributed by atoms with Crippen molar-refractivity contribution in [2.24, 2.45) is 5.73 Å². The van der Waals surface area contributed by atoms with Gasteiger partial charge in [0.05, 0.1) is 16.8 Å². The molecule has 2 rings (SSSR count). The van der Waals surface area contributed by atoms with Gasteiger partial charge in [0.2, 0.25) is 5.91 Å². The molecule has 1 aliphatic rings. The lowest BCUT2D eigenvalue weighted by Gasteiger charge is -2.31.